The van der Waals surface area contributed by atoms with Gasteiger partial charge in [-0.15, -0.1) is 0 Å². The van der Waals surface area contributed by atoms with E-state index in [1.54, 1.807) is 0 Å². The molecule has 0 saturated heterocycles. The normalized spacial score (nSPS) is 26.5. The molecule has 0 spiro atoms. The first-order chi connectivity index (χ1) is 7.34. The van der Waals surface area contributed by atoms with Crippen LogP contribution in [0.3, 0.4) is 0 Å². The summed E-state index contributed by atoms with van der Waals surface area (Å²) in [5.74, 6) is 0. The average Bonchev–Trinajstić information content (AvgIpc) is 2.30. The number of hydrogen-bond acceptors (Lipinski definition) is 1. The maximum atomic E-state index is 7.63. The molecule has 1 aromatic rings. The van der Waals surface area contributed by atoms with Crippen molar-refractivity contribution >= 4 is 0 Å². The molecule has 0 aromatic heterocycles. The third-order valence-corrected chi connectivity index (χ3v) is 3.16. The molecule has 0 heterocycles. The molecule has 1 radical (unpaired) electrons. The van der Waals surface area contributed by atoms with E-state index >= 15 is 0 Å². The zero-order valence-corrected chi connectivity index (χ0v) is 9.08. The summed E-state index contributed by atoms with van der Waals surface area (Å²) in [5, 5.41) is 3.58. The fourth-order valence-electron chi connectivity index (χ4n) is 2.16. The summed E-state index contributed by atoms with van der Waals surface area (Å²) in [5.41, 5.74) is 8.98. The Kier molecular flexibility index (Phi) is 3.75. The van der Waals surface area contributed by atoms with E-state index in [9.17, 15) is 0 Å². The molecule has 1 aliphatic carbocycles. The molecule has 0 amide bonds. The monoisotopic (exact) mass is 203 g/mol. The third kappa shape index (κ3) is 3.33. The molecule has 15 heavy (non-hydrogen) atoms. The van der Waals surface area contributed by atoms with Crippen LogP contribution in [0.15, 0.2) is 30.3 Å². The van der Waals surface area contributed by atoms with Gasteiger partial charge < -0.3 is 5.32 Å². The van der Waals surface area contributed by atoms with Crippen molar-refractivity contribution in [1.29, 1.82) is 0 Å². The quantitative estimate of drug-likeness (QED) is 0.804. The van der Waals surface area contributed by atoms with E-state index in [4.69, 9.17) is 5.73 Å². The molecule has 1 aliphatic rings. The molecule has 0 unspecified atom stereocenters. The summed E-state index contributed by atoms with van der Waals surface area (Å²) >= 11 is 0. The van der Waals surface area contributed by atoms with Crippen molar-refractivity contribution in [3.05, 3.63) is 35.9 Å². The molecule has 1 saturated carbocycles. The zero-order valence-electron chi connectivity index (χ0n) is 9.08. The van der Waals surface area contributed by atoms with Crippen LogP contribution in [0.1, 0.15) is 31.2 Å². The fourth-order valence-corrected chi connectivity index (χ4v) is 2.16. The topological polar surface area (TPSA) is 35.8 Å². The summed E-state index contributed by atoms with van der Waals surface area (Å²) in [4.78, 5) is 0. The molecular weight excluding hydrogens is 184 g/mol. The van der Waals surface area contributed by atoms with Crippen molar-refractivity contribution in [2.45, 2.75) is 44.3 Å². The summed E-state index contributed by atoms with van der Waals surface area (Å²) in [6, 6.07) is 11.3. The Balaban J connectivity index is 1.74. The van der Waals surface area contributed by atoms with E-state index in [1.807, 2.05) is 0 Å². The minimum absolute atomic E-state index is 0.194. The van der Waals surface area contributed by atoms with Crippen molar-refractivity contribution in [3.63, 3.8) is 0 Å². The van der Waals surface area contributed by atoms with Crippen molar-refractivity contribution in [3.8, 4) is 0 Å². The highest BCUT2D eigenvalue weighted by Gasteiger charge is 2.17. The predicted octanol–water partition coefficient (Wildman–Crippen LogP) is 2.37. The Morgan fingerprint density at radius 3 is 2.40 bits per heavy atom. The second-order valence-corrected chi connectivity index (χ2v) is 4.42. The summed E-state index contributed by atoms with van der Waals surface area (Å²) in [6.07, 6.45) is 4.46. The van der Waals surface area contributed by atoms with Gasteiger partial charge in [0.25, 0.3) is 0 Å². The largest absolute Gasteiger partial charge is 0.310 e. The van der Waals surface area contributed by atoms with Gasteiger partial charge in [-0.3, -0.25) is 5.73 Å². The van der Waals surface area contributed by atoms with Gasteiger partial charge in [-0.05, 0) is 31.2 Å². The highest BCUT2D eigenvalue weighted by Crippen LogP contribution is 2.18. The minimum atomic E-state index is 0.194. The summed E-state index contributed by atoms with van der Waals surface area (Å²) in [7, 11) is 0. The molecular formula is C13H19N2. The molecule has 2 heteroatoms. The second-order valence-electron chi connectivity index (χ2n) is 4.42. The first-order valence-electron chi connectivity index (χ1n) is 5.83. The number of nitrogens with one attached hydrogen (secondary N) is 2. The van der Waals surface area contributed by atoms with Crippen LogP contribution in [-0.2, 0) is 6.54 Å². The summed E-state index contributed by atoms with van der Waals surface area (Å²) < 4.78 is 0. The number of hydrogen-bond donors (Lipinski definition) is 1. The number of rotatable bonds is 3. The van der Waals surface area contributed by atoms with Gasteiger partial charge in [-0.1, -0.05) is 30.3 Å². The van der Waals surface area contributed by atoms with Crippen LogP contribution in [0.4, 0.5) is 0 Å². The first-order valence-corrected chi connectivity index (χ1v) is 5.83. The molecule has 0 atom stereocenters. The lowest BCUT2D eigenvalue weighted by Gasteiger charge is -2.26. The average molecular weight is 203 g/mol. The molecule has 2 N–H and O–H groups in total. The smallest absolute Gasteiger partial charge is 0.0214 e. The van der Waals surface area contributed by atoms with E-state index in [0.717, 1.165) is 19.4 Å². The van der Waals surface area contributed by atoms with Gasteiger partial charge in [-0.25, -0.2) is 0 Å². The molecule has 2 rings (SSSR count). The zero-order chi connectivity index (χ0) is 10.5. The van der Waals surface area contributed by atoms with Crippen LogP contribution in [0, 0.1) is 0 Å². The lowest BCUT2D eigenvalue weighted by molar-refractivity contribution is 0.337. The standard InChI is InChI=1S/C13H19N2/c14-12-6-8-13(9-7-12)15-10-11-4-2-1-3-5-11/h1-5,12-15H,6-10H2. The van der Waals surface area contributed by atoms with E-state index in [-0.39, 0.29) is 6.04 Å². The van der Waals surface area contributed by atoms with E-state index < -0.39 is 0 Å². The maximum Gasteiger partial charge on any atom is 0.0214 e. The van der Waals surface area contributed by atoms with Crippen LogP contribution in [-0.4, -0.2) is 12.1 Å². The Hall–Kier alpha value is -0.860. The van der Waals surface area contributed by atoms with Gasteiger partial charge in [0.05, 0.1) is 0 Å². The summed E-state index contributed by atoms with van der Waals surface area (Å²) in [6.45, 7) is 0.966. The van der Waals surface area contributed by atoms with Crippen molar-refractivity contribution in [1.82, 2.24) is 11.1 Å². The number of benzene rings is 1. The lowest BCUT2D eigenvalue weighted by atomic mass is 9.92. The molecule has 1 fully saturated rings. The van der Waals surface area contributed by atoms with Crippen molar-refractivity contribution in [2.24, 2.45) is 0 Å². The van der Waals surface area contributed by atoms with Gasteiger partial charge in [0.15, 0.2) is 0 Å². The van der Waals surface area contributed by atoms with Crippen LogP contribution < -0.4 is 11.1 Å². The molecule has 0 aliphatic heterocycles. The first kappa shape index (κ1) is 10.7. The van der Waals surface area contributed by atoms with Gasteiger partial charge in [0.2, 0.25) is 0 Å². The lowest BCUT2D eigenvalue weighted by Crippen LogP contribution is -2.34. The van der Waals surface area contributed by atoms with E-state index in [2.05, 4.69) is 35.6 Å². The molecule has 0 bridgehead atoms. The third-order valence-electron chi connectivity index (χ3n) is 3.16. The maximum absolute atomic E-state index is 7.63. The van der Waals surface area contributed by atoms with Crippen LogP contribution >= 0.6 is 0 Å². The Morgan fingerprint density at radius 1 is 1.07 bits per heavy atom. The van der Waals surface area contributed by atoms with E-state index in [1.165, 1.54) is 18.4 Å². The van der Waals surface area contributed by atoms with Crippen molar-refractivity contribution in [2.75, 3.05) is 0 Å². The van der Waals surface area contributed by atoms with E-state index in [0.29, 0.717) is 6.04 Å². The predicted molar refractivity (Wildman–Crippen MR) is 62.4 cm³/mol. The van der Waals surface area contributed by atoms with Crippen LogP contribution in [0.2, 0.25) is 0 Å². The fraction of sp³-hybridized carbons (Fsp3) is 0.538. The second kappa shape index (κ2) is 5.29. The van der Waals surface area contributed by atoms with Crippen LogP contribution in [0.25, 0.3) is 0 Å². The minimum Gasteiger partial charge on any atom is -0.310 e. The molecule has 1 aromatic carbocycles. The van der Waals surface area contributed by atoms with Gasteiger partial charge in [-0.2, -0.15) is 0 Å². The highest BCUT2D eigenvalue weighted by molar-refractivity contribution is 5.14. The highest BCUT2D eigenvalue weighted by atomic mass is 14.9. The van der Waals surface area contributed by atoms with Crippen LogP contribution in [0.5, 0.6) is 0 Å². The van der Waals surface area contributed by atoms with Gasteiger partial charge in [0, 0.05) is 18.6 Å². The van der Waals surface area contributed by atoms with Gasteiger partial charge in [0.1, 0.15) is 0 Å². The van der Waals surface area contributed by atoms with Gasteiger partial charge >= 0.3 is 0 Å². The van der Waals surface area contributed by atoms with Crippen molar-refractivity contribution < 1.29 is 0 Å². The SMILES string of the molecule is [NH]C1CCC(NCc2ccccc2)CC1. The molecule has 81 valence electrons. The molecule has 2 nitrogen and oxygen atoms in total. The Bertz CT molecular complexity index is 276. The Labute approximate surface area is 91.9 Å². The Morgan fingerprint density at radius 2 is 1.73 bits per heavy atom.